The van der Waals surface area contributed by atoms with Gasteiger partial charge in [-0.15, -0.1) is 22.6 Å². The number of nitrogens with zero attached hydrogens (tertiary/aromatic N) is 7. The number of hydrogen-bond donors (Lipinski definition) is 3. The Kier molecular flexibility index (Phi) is 12.3. The molecule has 6 rings (SSSR count). The Bertz CT molecular complexity index is 1870. The van der Waals surface area contributed by atoms with Crippen molar-refractivity contribution in [3.05, 3.63) is 96.2 Å². The first-order chi connectivity index (χ1) is 24.3. The van der Waals surface area contributed by atoms with E-state index in [0.29, 0.717) is 55.3 Å². The van der Waals surface area contributed by atoms with Crippen LogP contribution in [-0.2, 0) is 22.6 Å². The van der Waals surface area contributed by atoms with Crippen LogP contribution in [0.2, 0.25) is 0 Å². The maximum atomic E-state index is 14.3. The number of nitrogens with one attached hydrogen (secondary N) is 1. The third kappa shape index (κ3) is 8.86. The second-order valence-corrected chi connectivity index (χ2v) is 12.8. The Morgan fingerprint density at radius 3 is 2.22 bits per heavy atom. The van der Waals surface area contributed by atoms with Gasteiger partial charge in [0.25, 0.3) is 0 Å². The van der Waals surface area contributed by atoms with Gasteiger partial charge >= 0.3 is 0 Å². The van der Waals surface area contributed by atoms with Crippen LogP contribution < -0.4 is 26.0 Å². The quantitative estimate of drug-likeness (QED) is 0.156. The van der Waals surface area contributed by atoms with Gasteiger partial charge in [-0.05, 0) is 84.3 Å². The molecule has 2 heterocycles. The molecule has 0 radical (unpaired) electrons. The summed E-state index contributed by atoms with van der Waals surface area (Å²) >= 11 is 0. The molecule has 1 aliphatic rings. The van der Waals surface area contributed by atoms with Crippen LogP contribution in [0.4, 0.5) is 11.6 Å². The number of rotatable bonds is 13. The van der Waals surface area contributed by atoms with E-state index in [4.69, 9.17) is 16.2 Å². The van der Waals surface area contributed by atoms with E-state index in [1.807, 2.05) is 73.6 Å². The number of carbonyl (C=O) groups excluding carboxylic acids is 2. The van der Waals surface area contributed by atoms with Crippen molar-refractivity contribution in [1.29, 1.82) is 0 Å². The number of primary amides is 1. The number of hydrogen-bond acceptors (Lipinski definition) is 10. The fourth-order valence-corrected chi connectivity index (χ4v) is 6.33. The first-order valence-corrected chi connectivity index (χ1v) is 16.8. The average Bonchev–Trinajstić information content (AvgIpc) is 3.70. The van der Waals surface area contributed by atoms with Crippen LogP contribution in [0.3, 0.4) is 0 Å². The van der Waals surface area contributed by atoms with Crippen molar-refractivity contribution >= 4 is 35.9 Å². The molecule has 1 atom stereocenters. The topological polar surface area (TPSA) is 182 Å². The number of benzene rings is 3. The van der Waals surface area contributed by atoms with Crippen LogP contribution in [0.1, 0.15) is 36.8 Å². The highest BCUT2D eigenvalue weighted by Crippen LogP contribution is 2.34. The van der Waals surface area contributed by atoms with Crippen molar-refractivity contribution < 1.29 is 14.3 Å². The molecule has 1 fully saturated rings. The molecule has 266 valence electrons. The Labute approximate surface area is 303 Å². The number of amides is 2. The van der Waals surface area contributed by atoms with E-state index in [0.717, 1.165) is 40.7 Å². The SMILES string of the molecule is CN(C)c1ncc(-c2ccc(C[C@@H](C(N)=O)N(C(=O)C3CCC(CN)CC3)c3ccc(-c4nn[nH]n4)cc3)cc2)c(OCc2ccccc2)n1.Cl. The Balaban J connectivity index is 0.00000504. The molecule has 2 amide bonds. The number of anilines is 2. The van der Waals surface area contributed by atoms with E-state index >= 15 is 0 Å². The molecule has 1 saturated carbocycles. The van der Waals surface area contributed by atoms with Crippen LogP contribution in [0, 0.1) is 11.8 Å². The highest BCUT2D eigenvalue weighted by Gasteiger charge is 2.36. The van der Waals surface area contributed by atoms with E-state index in [1.165, 1.54) is 0 Å². The fourth-order valence-electron chi connectivity index (χ4n) is 6.33. The fraction of sp³-hybridized carbons (Fsp3) is 0.324. The minimum absolute atomic E-state index is 0. The van der Waals surface area contributed by atoms with Crippen LogP contribution in [0.5, 0.6) is 5.88 Å². The number of ether oxygens (including phenoxy) is 1. The summed E-state index contributed by atoms with van der Waals surface area (Å²) in [4.78, 5) is 40.1. The van der Waals surface area contributed by atoms with Gasteiger partial charge in [-0.2, -0.15) is 10.2 Å². The lowest BCUT2D eigenvalue weighted by Gasteiger charge is -2.35. The van der Waals surface area contributed by atoms with Gasteiger partial charge in [0.2, 0.25) is 29.5 Å². The molecule has 14 heteroatoms. The third-order valence-electron chi connectivity index (χ3n) is 9.21. The highest BCUT2D eigenvalue weighted by atomic mass is 35.5. The molecule has 0 bridgehead atoms. The molecule has 0 unspecified atom stereocenters. The van der Waals surface area contributed by atoms with E-state index < -0.39 is 11.9 Å². The van der Waals surface area contributed by atoms with Gasteiger partial charge in [-0.1, -0.05) is 54.6 Å². The normalized spacial score (nSPS) is 16.1. The molecule has 3 aromatic carbocycles. The maximum Gasteiger partial charge on any atom is 0.240 e. The smallest absolute Gasteiger partial charge is 0.240 e. The zero-order valence-corrected chi connectivity index (χ0v) is 29.5. The summed E-state index contributed by atoms with van der Waals surface area (Å²) in [5.41, 5.74) is 16.7. The Hall–Kier alpha value is -5.40. The minimum Gasteiger partial charge on any atom is -0.472 e. The minimum atomic E-state index is -0.927. The van der Waals surface area contributed by atoms with Crippen molar-refractivity contribution in [3.8, 4) is 28.4 Å². The monoisotopic (exact) mass is 710 g/mol. The molecule has 2 aromatic heterocycles. The van der Waals surface area contributed by atoms with Crippen molar-refractivity contribution in [2.75, 3.05) is 30.4 Å². The summed E-state index contributed by atoms with van der Waals surface area (Å²) in [7, 11) is 3.75. The first-order valence-electron chi connectivity index (χ1n) is 16.8. The number of H-pyrrole nitrogens is 1. The number of nitrogens with two attached hydrogens (primary N) is 2. The van der Waals surface area contributed by atoms with Crippen molar-refractivity contribution in [2.45, 2.75) is 44.8 Å². The summed E-state index contributed by atoms with van der Waals surface area (Å²) in [6.45, 7) is 0.957. The van der Waals surface area contributed by atoms with Gasteiger partial charge in [-0.3, -0.25) is 14.5 Å². The van der Waals surface area contributed by atoms with Crippen LogP contribution in [-0.4, -0.2) is 69.1 Å². The van der Waals surface area contributed by atoms with E-state index in [9.17, 15) is 9.59 Å². The molecule has 5 N–H and O–H groups in total. The zero-order valence-electron chi connectivity index (χ0n) is 28.7. The highest BCUT2D eigenvalue weighted by molar-refractivity contribution is 6.01. The van der Waals surface area contributed by atoms with Gasteiger partial charge in [0, 0.05) is 43.9 Å². The van der Waals surface area contributed by atoms with Crippen LogP contribution in [0.25, 0.3) is 22.5 Å². The molecule has 0 saturated heterocycles. The lowest BCUT2D eigenvalue weighted by Crippen LogP contribution is -2.52. The summed E-state index contributed by atoms with van der Waals surface area (Å²) in [5.74, 6) is 0.872. The summed E-state index contributed by atoms with van der Waals surface area (Å²) in [6.07, 6.45) is 5.14. The molecular weight excluding hydrogens is 668 g/mol. The molecule has 1 aliphatic carbocycles. The molecule has 5 aromatic rings. The number of halogens is 1. The average molecular weight is 711 g/mol. The molecule has 51 heavy (non-hydrogen) atoms. The Morgan fingerprint density at radius 1 is 0.922 bits per heavy atom. The second kappa shape index (κ2) is 17.0. The number of aromatic nitrogens is 6. The van der Waals surface area contributed by atoms with E-state index in [2.05, 4.69) is 30.6 Å². The van der Waals surface area contributed by atoms with Crippen molar-refractivity contribution in [2.24, 2.45) is 23.3 Å². The van der Waals surface area contributed by atoms with Crippen molar-refractivity contribution in [1.82, 2.24) is 30.6 Å². The van der Waals surface area contributed by atoms with Gasteiger partial charge in [-0.25, -0.2) is 4.98 Å². The molecule has 13 nitrogen and oxygen atoms in total. The summed E-state index contributed by atoms with van der Waals surface area (Å²) in [6, 6.07) is 23.9. The molecular formula is C37H43ClN10O3. The van der Waals surface area contributed by atoms with Crippen LogP contribution >= 0.6 is 12.4 Å². The second-order valence-electron chi connectivity index (χ2n) is 12.8. The Morgan fingerprint density at radius 2 is 1.61 bits per heavy atom. The van der Waals surface area contributed by atoms with Gasteiger partial charge in [0.05, 0.1) is 5.56 Å². The third-order valence-corrected chi connectivity index (χ3v) is 9.21. The molecule has 0 spiro atoms. The largest absolute Gasteiger partial charge is 0.472 e. The van der Waals surface area contributed by atoms with Crippen molar-refractivity contribution in [3.63, 3.8) is 0 Å². The predicted octanol–water partition coefficient (Wildman–Crippen LogP) is 4.59. The van der Waals surface area contributed by atoms with Gasteiger partial charge in [0.15, 0.2) is 0 Å². The standard InChI is InChI=1S/C37H42N10O3.ClH/c1-46(2)37-40-22-31(35(41-37)50-23-26-6-4-3-5-7-26)27-12-8-24(9-13-27)20-32(33(39)48)47(36(49)29-14-10-25(21-38)11-15-29)30-18-16-28(17-19-30)34-42-44-45-43-34;/h3-9,12-13,16-19,22,25,29,32H,10-11,14-15,20-21,23,38H2,1-2H3,(H2,39,48)(H,42,43,44,45);1H/t25?,29?,32-;/m0./s1. The number of tetrazole rings is 1. The zero-order chi connectivity index (χ0) is 35.0. The van der Waals surface area contributed by atoms with E-state index in [1.54, 1.807) is 35.4 Å². The van der Waals surface area contributed by atoms with Crippen LogP contribution in [0.15, 0.2) is 85.1 Å². The van der Waals surface area contributed by atoms with Gasteiger partial charge < -0.3 is 21.1 Å². The number of carbonyl (C=O) groups is 2. The van der Waals surface area contributed by atoms with Gasteiger partial charge in [0.1, 0.15) is 12.6 Å². The lowest BCUT2D eigenvalue weighted by atomic mass is 9.81. The van der Waals surface area contributed by atoms with E-state index in [-0.39, 0.29) is 30.7 Å². The lowest BCUT2D eigenvalue weighted by molar-refractivity contribution is -0.127. The summed E-state index contributed by atoms with van der Waals surface area (Å²) in [5, 5.41) is 14.2. The maximum absolute atomic E-state index is 14.3. The first kappa shape index (κ1) is 36.9. The predicted molar refractivity (Wildman–Crippen MR) is 198 cm³/mol. The summed E-state index contributed by atoms with van der Waals surface area (Å²) < 4.78 is 6.20. The number of aromatic amines is 1. The molecule has 0 aliphatic heterocycles.